The number of hydrogen-bond donors (Lipinski definition) is 1. The minimum absolute atomic E-state index is 0.117. The summed E-state index contributed by atoms with van der Waals surface area (Å²) in [7, 11) is 1.52. The molecular formula is C25H20FNO4. The molecule has 156 valence electrons. The summed E-state index contributed by atoms with van der Waals surface area (Å²) in [5.41, 5.74) is 1.70. The van der Waals surface area contributed by atoms with Gasteiger partial charge in [0.25, 0.3) is 11.7 Å². The standard InChI is InChI=1S/C25H20FNO4/c1-15-7-9-16(10-8-15)23(28)21-22(19-5-3-4-6-20(19)26)27(25(30)24(21)29)17-11-13-18(31-2)14-12-17/h3-14,22,28H,1-2H3/b23-21-. The molecule has 0 aliphatic carbocycles. The average Bonchev–Trinajstić information content (AvgIpc) is 3.04. The molecule has 1 fully saturated rings. The van der Waals surface area contributed by atoms with E-state index < -0.39 is 23.5 Å². The second-order valence-electron chi connectivity index (χ2n) is 7.25. The highest BCUT2D eigenvalue weighted by Crippen LogP contribution is 2.43. The lowest BCUT2D eigenvalue weighted by atomic mass is 9.94. The fraction of sp³-hybridized carbons (Fsp3) is 0.120. The van der Waals surface area contributed by atoms with E-state index >= 15 is 0 Å². The number of nitrogens with zero attached hydrogens (tertiary/aromatic N) is 1. The lowest BCUT2D eigenvalue weighted by Crippen LogP contribution is -2.29. The molecule has 0 spiro atoms. The Morgan fingerprint density at radius 1 is 0.968 bits per heavy atom. The molecule has 1 saturated heterocycles. The highest BCUT2D eigenvalue weighted by Gasteiger charge is 2.47. The molecule has 1 aliphatic rings. The molecule has 4 rings (SSSR count). The van der Waals surface area contributed by atoms with Crippen molar-refractivity contribution >= 4 is 23.1 Å². The largest absolute Gasteiger partial charge is 0.507 e. The van der Waals surface area contributed by atoms with E-state index in [9.17, 15) is 19.1 Å². The quantitative estimate of drug-likeness (QED) is 0.377. The second kappa shape index (κ2) is 8.07. The van der Waals surface area contributed by atoms with E-state index in [2.05, 4.69) is 0 Å². The average molecular weight is 417 g/mol. The Morgan fingerprint density at radius 2 is 1.61 bits per heavy atom. The number of carbonyl (C=O) groups excluding carboxylic acids is 2. The summed E-state index contributed by atoms with van der Waals surface area (Å²) < 4.78 is 20.0. The van der Waals surface area contributed by atoms with Crippen molar-refractivity contribution < 1.29 is 23.8 Å². The van der Waals surface area contributed by atoms with Crippen LogP contribution in [-0.2, 0) is 9.59 Å². The Labute approximate surface area is 179 Å². The van der Waals surface area contributed by atoms with E-state index in [1.807, 2.05) is 6.92 Å². The fourth-order valence-electron chi connectivity index (χ4n) is 3.70. The predicted molar refractivity (Wildman–Crippen MR) is 115 cm³/mol. The van der Waals surface area contributed by atoms with E-state index in [0.29, 0.717) is 17.0 Å². The summed E-state index contributed by atoms with van der Waals surface area (Å²) in [6, 6.07) is 18.2. The van der Waals surface area contributed by atoms with Crippen LogP contribution in [0.15, 0.2) is 78.4 Å². The second-order valence-corrected chi connectivity index (χ2v) is 7.25. The Hall–Kier alpha value is -3.93. The molecule has 6 heteroatoms. The number of aliphatic hydroxyl groups excluding tert-OH is 1. The number of hydrogen-bond acceptors (Lipinski definition) is 4. The van der Waals surface area contributed by atoms with Crippen LogP contribution in [-0.4, -0.2) is 23.9 Å². The molecule has 0 radical (unpaired) electrons. The van der Waals surface area contributed by atoms with Crippen molar-refractivity contribution in [2.45, 2.75) is 13.0 Å². The Bertz CT molecular complexity index is 1180. The molecule has 0 aromatic heterocycles. The molecule has 1 N–H and O–H groups in total. The van der Waals surface area contributed by atoms with Crippen molar-refractivity contribution in [3.63, 3.8) is 0 Å². The van der Waals surface area contributed by atoms with Gasteiger partial charge in [0.1, 0.15) is 17.3 Å². The maximum Gasteiger partial charge on any atom is 0.300 e. The van der Waals surface area contributed by atoms with Gasteiger partial charge in [-0.1, -0.05) is 48.0 Å². The van der Waals surface area contributed by atoms with Crippen molar-refractivity contribution in [1.82, 2.24) is 0 Å². The number of Topliss-reactive ketones (excluding diaryl/α,β-unsaturated/α-hetero) is 1. The molecule has 0 bridgehead atoms. The monoisotopic (exact) mass is 417 g/mol. The van der Waals surface area contributed by atoms with Crippen LogP contribution in [0.2, 0.25) is 0 Å². The van der Waals surface area contributed by atoms with Gasteiger partial charge >= 0.3 is 0 Å². The lowest BCUT2D eigenvalue weighted by molar-refractivity contribution is -0.132. The number of halogens is 1. The van der Waals surface area contributed by atoms with E-state index in [1.54, 1.807) is 54.6 Å². The van der Waals surface area contributed by atoms with Crippen molar-refractivity contribution in [3.8, 4) is 5.75 Å². The van der Waals surface area contributed by atoms with E-state index in [1.165, 1.54) is 30.2 Å². The van der Waals surface area contributed by atoms with Crippen molar-refractivity contribution in [3.05, 3.63) is 101 Å². The smallest absolute Gasteiger partial charge is 0.300 e. The molecule has 5 nitrogen and oxygen atoms in total. The van der Waals surface area contributed by atoms with Crippen LogP contribution in [0, 0.1) is 12.7 Å². The zero-order valence-electron chi connectivity index (χ0n) is 17.0. The van der Waals surface area contributed by atoms with Crippen LogP contribution in [0.1, 0.15) is 22.7 Å². The van der Waals surface area contributed by atoms with Crippen molar-refractivity contribution in [1.29, 1.82) is 0 Å². The molecular weight excluding hydrogens is 397 g/mol. The zero-order chi connectivity index (χ0) is 22.1. The van der Waals surface area contributed by atoms with Crippen LogP contribution < -0.4 is 9.64 Å². The third-order valence-corrected chi connectivity index (χ3v) is 5.32. The molecule has 3 aromatic carbocycles. The Morgan fingerprint density at radius 3 is 2.23 bits per heavy atom. The predicted octanol–water partition coefficient (Wildman–Crippen LogP) is 4.77. The number of benzene rings is 3. The van der Waals surface area contributed by atoms with Crippen LogP contribution in [0.4, 0.5) is 10.1 Å². The third kappa shape index (κ3) is 3.57. The van der Waals surface area contributed by atoms with Crippen LogP contribution in [0.5, 0.6) is 5.75 Å². The molecule has 1 aliphatic heterocycles. The van der Waals surface area contributed by atoms with Crippen LogP contribution in [0.25, 0.3) is 5.76 Å². The maximum absolute atomic E-state index is 14.8. The van der Waals surface area contributed by atoms with Gasteiger partial charge < -0.3 is 9.84 Å². The van der Waals surface area contributed by atoms with Gasteiger partial charge in [-0.3, -0.25) is 14.5 Å². The van der Waals surface area contributed by atoms with Gasteiger partial charge in [-0.25, -0.2) is 4.39 Å². The summed E-state index contributed by atoms with van der Waals surface area (Å²) in [6.07, 6.45) is 0. The van der Waals surface area contributed by atoms with Crippen LogP contribution in [0.3, 0.4) is 0 Å². The summed E-state index contributed by atoms with van der Waals surface area (Å²) in [5, 5.41) is 11.0. The highest BCUT2D eigenvalue weighted by atomic mass is 19.1. The SMILES string of the molecule is COc1ccc(N2C(=O)C(=O)/C(=C(\O)c3ccc(C)cc3)C2c2ccccc2F)cc1. The molecule has 1 amide bonds. The van der Waals surface area contributed by atoms with Gasteiger partial charge in [0.2, 0.25) is 0 Å². The molecule has 1 atom stereocenters. The minimum atomic E-state index is -1.11. The highest BCUT2D eigenvalue weighted by molar-refractivity contribution is 6.51. The minimum Gasteiger partial charge on any atom is -0.507 e. The number of aliphatic hydroxyl groups is 1. The molecule has 3 aromatic rings. The first-order chi connectivity index (χ1) is 14.9. The number of aryl methyl sites for hydroxylation is 1. The fourth-order valence-corrected chi connectivity index (χ4v) is 3.70. The van der Waals surface area contributed by atoms with E-state index in [-0.39, 0.29) is 16.9 Å². The number of amides is 1. The van der Waals surface area contributed by atoms with E-state index in [4.69, 9.17) is 4.74 Å². The number of ketones is 1. The lowest BCUT2D eigenvalue weighted by Gasteiger charge is -2.25. The summed E-state index contributed by atoms with van der Waals surface area (Å²) in [4.78, 5) is 27.3. The van der Waals surface area contributed by atoms with Gasteiger partial charge in [0, 0.05) is 16.8 Å². The van der Waals surface area contributed by atoms with Crippen molar-refractivity contribution in [2.24, 2.45) is 0 Å². The Balaban J connectivity index is 1.94. The van der Waals surface area contributed by atoms with Crippen LogP contribution >= 0.6 is 0 Å². The first kappa shape index (κ1) is 20.3. The molecule has 1 heterocycles. The Kier molecular flexibility index (Phi) is 5.29. The maximum atomic E-state index is 14.8. The zero-order valence-corrected chi connectivity index (χ0v) is 17.0. The molecule has 0 saturated carbocycles. The summed E-state index contributed by atoms with van der Waals surface area (Å²) in [5.74, 6) is -2.07. The number of methoxy groups -OCH3 is 1. The first-order valence-corrected chi connectivity index (χ1v) is 9.69. The third-order valence-electron chi connectivity index (χ3n) is 5.32. The normalized spacial score (nSPS) is 17.8. The van der Waals surface area contributed by atoms with E-state index in [0.717, 1.165) is 5.56 Å². The summed E-state index contributed by atoms with van der Waals surface area (Å²) in [6.45, 7) is 1.89. The topological polar surface area (TPSA) is 66.8 Å². The summed E-state index contributed by atoms with van der Waals surface area (Å²) >= 11 is 0. The van der Waals surface area contributed by atoms with Gasteiger partial charge in [0.05, 0.1) is 18.7 Å². The molecule has 1 unspecified atom stereocenters. The molecule has 31 heavy (non-hydrogen) atoms. The van der Waals surface area contributed by atoms with Gasteiger partial charge in [-0.15, -0.1) is 0 Å². The van der Waals surface area contributed by atoms with Crippen molar-refractivity contribution in [2.75, 3.05) is 12.0 Å². The number of ether oxygens (including phenoxy) is 1. The number of carbonyl (C=O) groups is 2. The van der Waals surface area contributed by atoms with Gasteiger partial charge in [0.15, 0.2) is 0 Å². The number of rotatable bonds is 4. The van der Waals surface area contributed by atoms with Gasteiger partial charge in [-0.2, -0.15) is 0 Å². The number of anilines is 1. The van der Waals surface area contributed by atoms with Gasteiger partial charge in [-0.05, 0) is 37.3 Å². The first-order valence-electron chi connectivity index (χ1n) is 9.69.